The zero-order chi connectivity index (χ0) is 16.5. The maximum Gasteiger partial charge on any atom is 0.491 e. The maximum atomic E-state index is 9.03. The fourth-order valence-electron chi connectivity index (χ4n) is 2.06. The standard InChI is InChI=1S/C15H20BN3O2S/c1-14(2)15(3,4)21-16(20-14)12(9-22)6-10-5-11(7-17)13(18)19-8-10/h5-6,8,22H,9H2,1-4H3,(H2,18,19). The Bertz CT molecular complexity index is 637. The number of aromatic nitrogens is 1. The molecule has 2 N–H and O–H groups in total. The van der Waals surface area contributed by atoms with E-state index < -0.39 is 18.3 Å². The molecule has 1 aromatic rings. The van der Waals surface area contributed by atoms with Gasteiger partial charge in [0.1, 0.15) is 11.9 Å². The van der Waals surface area contributed by atoms with Gasteiger partial charge < -0.3 is 15.0 Å². The highest BCUT2D eigenvalue weighted by Gasteiger charge is 2.52. The molecule has 0 aromatic carbocycles. The minimum atomic E-state index is -0.467. The number of nitrogens with zero attached hydrogens (tertiary/aromatic N) is 2. The van der Waals surface area contributed by atoms with Gasteiger partial charge in [0.15, 0.2) is 0 Å². The number of rotatable bonds is 3. The normalized spacial score (nSPS) is 20.0. The molecule has 1 saturated heterocycles. The third kappa shape index (κ3) is 3.14. The van der Waals surface area contributed by atoms with Crippen molar-refractivity contribution >= 4 is 31.6 Å². The van der Waals surface area contributed by atoms with Gasteiger partial charge in [-0.3, -0.25) is 0 Å². The van der Waals surface area contributed by atoms with Crippen LogP contribution in [0.5, 0.6) is 0 Å². The molecule has 0 radical (unpaired) electrons. The number of nitrogens with two attached hydrogens (primary N) is 1. The maximum absolute atomic E-state index is 9.03. The number of thiol groups is 1. The third-order valence-electron chi connectivity index (χ3n) is 4.15. The molecular formula is C15H20BN3O2S. The van der Waals surface area contributed by atoms with Crippen LogP contribution in [0.2, 0.25) is 0 Å². The molecular weight excluding hydrogens is 297 g/mol. The molecule has 1 aliphatic heterocycles. The van der Waals surface area contributed by atoms with E-state index in [4.69, 9.17) is 20.3 Å². The van der Waals surface area contributed by atoms with E-state index in [2.05, 4.69) is 17.6 Å². The van der Waals surface area contributed by atoms with Crippen LogP contribution < -0.4 is 5.73 Å². The van der Waals surface area contributed by atoms with E-state index in [1.54, 1.807) is 12.3 Å². The predicted molar refractivity (Wildman–Crippen MR) is 91.3 cm³/mol. The number of nitrogen functional groups attached to an aromatic ring is 1. The van der Waals surface area contributed by atoms with E-state index >= 15 is 0 Å². The molecule has 0 bridgehead atoms. The summed E-state index contributed by atoms with van der Waals surface area (Å²) in [6.07, 6.45) is 3.49. The summed E-state index contributed by atoms with van der Waals surface area (Å²) in [5.41, 5.74) is 6.82. The van der Waals surface area contributed by atoms with Gasteiger partial charge in [-0.05, 0) is 44.8 Å². The summed E-state index contributed by atoms with van der Waals surface area (Å²) in [4.78, 5) is 4.03. The Labute approximate surface area is 137 Å². The first-order valence-corrected chi connectivity index (χ1v) is 7.66. The molecule has 116 valence electrons. The van der Waals surface area contributed by atoms with Crippen LogP contribution in [0.25, 0.3) is 6.08 Å². The van der Waals surface area contributed by atoms with Gasteiger partial charge in [0, 0.05) is 11.9 Å². The van der Waals surface area contributed by atoms with E-state index in [1.807, 2.05) is 39.8 Å². The molecule has 0 amide bonds. The first kappa shape index (κ1) is 16.9. The van der Waals surface area contributed by atoms with Gasteiger partial charge in [0.05, 0.1) is 16.8 Å². The largest absolute Gasteiger partial charge is 0.491 e. The summed E-state index contributed by atoms with van der Waals surface area (Å²) < 4.78 is 12.0. The molecule has 1 fully saturated rings. The Balaban J connectivity index is 2.32. The zero-order valence-electron chi connectivity index (χ0n) is 13.3. The van der Waals surface area contributed by atoms with Crippen molar-refractivity contribution in [2.24, 2.45) is 0 Å². The van der Waals surface area contributed by atoms with Gasteiger partial charge in [-0.25, -0.2) is 4.98 Å². The SMILES string of the molecule is CC1(C)OB(C(=Cc2cnc(N)c(C#N)c2)CS)OC1(C)C. The molecule has 0 saturated carbocycles. The first-order valence-electron chi connectivity index (χ1n) is 7.03. The van der Waals surface area contributed by atoms with Gasteiger partial charge in [0.25, 0.3) is 0 Å². The van der Waals surface area contributed by atoms with Crippen molar-refractivity contribution in [3.05, 3.63) is 28.9 Å². The van der Waals surface area contributed by atoms with Crippen LogP contribution >= 0.6 is 12.6 Å². The lowest BCUT2D eigenvalue weighted by atomic mass is 9.78. The molecule has 7 heteroatoms. The first-order chi connectivity index (χ1) is 10.2. The molecule has 2 rings (SSSR count). The van der Waals surface area contributed by atoms with E-state index in [1.165, 1.54) is 0 Å². The second kappa shape index (κ2) is 5.96. The summed E-state index contributed by atoms with van der Waals surface area (Å²) in [6.45, 7) is 8.01. The lowest BCUT2D eigenvalue weighted by molar-refractivity contribution is 0.00578. The average Bonchev–Trinajstić information content (AvgIpc) is 2.66. The number of nitriles is 1. The lowest BCUT2D eigenvalue weighted by Crippen LogP contribution is -2.41. The summed E-state index contributed by atoms with van der Waals surface area (Å²) >= 11 is 4.37. The summed E-state index contributed by atoms with van der Waals surface area (Å²) in [5, 5.41) is 9.03. The molecule has 5 nitrogen and oxygen atoms in total. The Hall–Kier alpha value is -1.49. The zero-order valence-corrected chi connectivity index (χ0v) is 14.1. The van der Waals surface area contributed by atoms with E-state index in [9.17, 15) is 0 Å². The molecule has 0 unspecified atom stereocenters. The number of hydrogen-bond donors (Lipinski definition) is 2. The van der Waals surface area contributed by atoms with E-state index in [0.29, 0.717) is 11.3 Å². The highest BCUT2D eigenvalue weighted by Crippen LogP contribution is 2.39. The molecule has 2 heterocycles. The third-order valence-corrected chi connectivity index (χ3v) is 4.52. The minimum Gasteiger partial charge on any atom is -0.400 e. The summed E-state index contributed by atoms with van der Waals surface area (Å²) in [7, 11) is -0.467. The molecule has 1 aliphatic rings. The van der Waals surface area contributed by atoms with Crippen molar-refractivity contribution in [1.29, 1.82) is 5.26 Å². The van der Waals surface area contributed by atoms with Crippen LogP contribution in [0.4, 0.5) is 5.82 Å². The topological polar surface area (TPSA) is 81.2 Å². The molecule has 0 aliphatic carbocycles. The second-order valence-corrected chi connectivity index (χ2v) is 6.60. The van der Waals surface area contributed by atoms with Crippen molar-refractivity contribution in [3.8, 4) is 6.07 Å². The fraction of sp³-hybridized carbons (Fsp3) is 0.467. The minimum absolute atomic E-state index is 0.225. The van der Waals surface area contributed by atoms with Crippen molar-refractivity contribution in [3.63, 3.8) is 0 Å². The van der Waals surface area contributed by atoms with E-state index in [0.717, 1.165) is 11.0 Å². The summed E-state index contributed by atoms with van der Waals surface area (Å²) in [6, 6.07) is 3.72. The van der Waals surface area contributed by atoms with Gasteiger partial charge in [-0.15, -0.1) is 0 Å². The van der Waals surface area contributed by atoms with Crippen LogP contribution in [0, 0.1) is 11.3 Å². The lowest BCUT2D eigenvalue weighted by Gasteiger charge is -2.32. The Morgan fingerprint density at radius 3 is 2.50 bits per heavy atom. The predicted octanol–water partition coefficient (Wildman–Crippen LogP) is 2.48. The van der Waals surface area contributed by atoms with Crippen molar-refractivity contribution in [2.75, 3.05) is 11.5 Å². The fourth-order valence-corrected chi connectivity index (χ4v) is 2.30. The molecule has 0 spiro atoms. The van der Waals surface area contributed by atoms with E-state index in [-0.39, 0.29) is 5.82 Å². The van der Waals surface area contributed by atoms with Crippen LogP contribution in [0.3, 0.4) is 0 Å². The number of pyridine rings is 1. The van der Waals surface area contributed by atoms with Gasteiger partial charge >= 0.3 is 7.12 Å². The smallest absolute Gasteiger partial charge is 0.400 e. The quantitative estimate of drug-likeness (QED) is 0.661. The number of anilines is 1. The Kier molecular flexibility index (Phi) is 4.57. The Morgan fingerprint density at radius 1 is 1.41 bits per heavy atom. The molecule has 0 atom stereocenters. The molecule has 1 aromatic heterocycles. The average molecular weight is 317 g/mol. The second-order valence-electron chi connectivity index (χ2n) is 6.28. The highest BCUT2D eigenvalue weighted by atomic mass is 32.1. The van der Waals surface area contributed by atoms with Gasteiger partial charge in [0.2, 0.25) is 0 Å². The Morgan fingerprint density at radius 2 is 2.00 bits per heavy atom. The van der Waals surface area contributed by atoms with Crippen LogP contribution in [-0.2, 0) is 9.31 Å². The monoisotopic (exact) mass is 317 g/mol. The van der Waals surface area contributed by atoms with Gasteiger partial charge in [-0.1, -0.05) is 6.08 Å². The summed E-state index contributed by atoms with van der Waals surface area (Å²) in [5.74, 6) is 0.700. The van der Waals surface area contributed by atoms with Crippen molar-refractivity contribution in [1.82, 2.24) is 4.98 Å². The van der Waals surface area contributed by atoms with Gasteiger partial charge in [-0.2, -0.15) is 17.9 Å². The number of hydrogen-bond acceptors (Lipinski definition) is 6. The van der Waals surface area contributed by atoms with Crippen LogP contribution in [0.1, 0.15) is 38.8 Å². The van der Waals surface area contributed by atoms with Crippen LogP contribution in [-0.4, -0.2) is 29.1 Å². The van der Waals surface area contributed by atoms with Crippen molar-refractivity contribution in [2.45, 2.75) is 38.9 Å². The van der Waals surface area contributed by atoms with Crippen molar-refractivity contribution < 1.29 is 9.31 Å². The molecule has 22 heavy (non-hydrogen) atoms. The highest BCUT2D eigenvalue weighted by molar-refractivity contribution is 7.80. The van der Waals surface area contributed by atoms with Crippen LogP contribution in [0.15, 0.2) is 17.7 Å².